The molecule has 0 N–H and O–H groups in total. The van der Waals surface area contributed by atoms with Crippen LogP contribution in [0.5, 0.6) is 11.5 Å². The Balaban J connectivity index is 1.71. The lowest BCUT2D eigenvalue weighted by atomic mass is 10.1. The van der Waals surface area contributed by atoms with Crippen LogP contribution >= 0.6 is 27.5 Å². The second kappa shape index (κ2) is 12.8. The molecule has 0 spiro atoms. The number of halogens is 2. The summed E-state index contributed by atoms with van der Waals surface area (Å²) in [5, 5.41) is 0.985. The Morgan fingerprint density at radius 1 is 0.976 bits per heavy atom. The minimum atomic E-state index is -0.613. The van der Waals surface area contributed by atoms with Gasteiger partial charge >= 0.3 is 0 Å². The monoisotopic (exact) mass is 645 g/mol. The highest BCUT2D eigenvalue weighted by Crippen LogP contribution is 2.37. The maximum absolute atomic E-state index is 14.2. The topological polar surface area (TPSA) is 73.7 Å². The number of carbonyl (C=O) groups excluding carboxylic acids is 1. The van der Waals surface area contributed by atoms with Gasteiger partial charge in [-0.15, -0.1) is 0 Å². The van der Waals surface area contributed by atoms with E-state index in [1.807, 2.05) is 43.3 Å². The van der Waals surface area contributed by atoms with E-state index in [0.29, 0.717) is 61.9 Å². The van der Waals surface area contributed by atoms with E-state index in [1.54, 1.807) is 73.7 Å². The van der Waals surface area contributed by atoms with Crippen LogP contribution in [0.4, 0.5) is 0 Å². The second-order valence-corrected chi connectivity index (χ2v) is 10.9. The normalized spacial score (nSPS) is 11.7. The van der Waals surface area contributed by atoms with Crippen molar-refractivity contribution in [3.63, 3.8) is 0 Å². The first kappa shape index (κ1) is 29.4. The summed E-state index contributed by atoms with van der Waals surface area (Å²) in [5.41, 5.74) is 2.31. The van der Waals surface area contributed by atoms with Crippen LogP contribution in [0.25, 0.3) is 16.6 Å². The van der Waals surface area contributed by atoms with Gasteiger partial charge in [-0.1, -0.05) is 54.1 Å². The van der Waals surface area contributed by atoms with Crippen molar-refractivity contribution in [2.45, 2.75) is 19.4 Å². The zero-order chi connectivity index (χ0) is 29.8. The third-order valence-corrected chi connectivity index (χ3v) is 8.22. The van der Waals surface area contributed by atoms with Gasteiger partial charge in [0.05, 0.1) is 41.3 Å². The van der Waals surface area contributed by atoms with Crippen molar-refractivity contribution in [2.75, 3.05) is 20.8 Å². The average Bonchev–Trinajstić information content (AvgIpc) is 3.02. The molecular weight excluding hydrogens is 618 g/mol. The average molecular weight is 647 g/mol. The Hall–Kier alpha value is -4.14. The first-order valence-electron chi connectivity index (χ1n) is 13.4. The van der Waals surface area contributed by atoms with Gasteiger partial charge in [0, 0.05) is 29.3 Å². The summed E-state index contributed by atoms with van der Waals surface area (Å²) in [7, 11) is 3.10. The number of ether oxygens (including phenoxy) is 2. The smallest absolute Gasteiger partial charge is 0.266 e. The molecule has 0 fully saturated rings. The fourth-order valence-corrected chi connectivity index (χ4v) is 5.61. The van der Waals surface area contributed by atoms with Crippen molar-refractivity contribution < 1.29 is 14.3 Å². The number of amides is 1. The van der Waals surface area contributed by atoms with E-state index in [2.05, 4.69) is 15.9 Å². The molecule has 1 amide bonds. The van der Waals surface area contributed by atoms with Gasteiger partial charge in [0.15, 0.2) is 0 Å². The fourth-order valence-electron chi connectivity index (χ4n) is 4.91. The lowest BCUT2D eigenvalue weighted by Crippen LogP contribution is -2.38. The molecule has 9 heteroatoms. The molecule has 0 aliphatic carbocycles. The summed E-state index contributed by atoms with van der Waals surface area (Å²) in [4.78, 5) is 35.0. The van der Waals surface area contributed by atoms with Crippen LogP contribution in [-0.4, -0.2) is 41.1 Å². The molecule has 5 rings (SSSR count). The Labute approximate surface area is 257 Å². The minimum Gasteiger partial charge on any atom is -0.497 e. The van der Waals surface area contributed by atoms with Gasteiger partial charge < -0.3 is 14.4 Å². The van der Waals surface area contributed by atoms with Gasteiger partial charge in [0.25, 0.3) is 11.5 Å². The highest BCUT2D eigenvalue weighted by Gasteiger charge is 2.29. The van der Waals surface area contributed by atoms with Gasteiger partial charge in [0.1, 0.15) is 17.3 Å². The van der Waals surface area contributed by atoms with Crippen molar-refractivity contribution in [2.24, 2.45) is 0 Å². The maximum atomic E-state index is 14.2. The summed E-state index contributed by atoms with van der Waals surface area (Å²) in [6.07, 6.45) is 0.610. The standard InChI is InChI=1S/C33H29BrClN3O4/c1-21(37(18-17-22-9-5-4-6-10-22)32(39)23-13-15-24(35)16-14-23)31-36-27-12-8-7-11-26(27)33(40)38(31)28-19-25(41-2)20-29(42-3)30(28)34/h4-16,19-21H,17-18H2,1-3H3. The van der Waals surface area contributed by atoms with Gasteiger partial charge in [0.2, 0.25) is 0 Å². The molecule has 1 unspecified atom stereocenters. The number of hydrogen-bond donors (Lipinski definition) is 0. The lowest BCUT2D eigenvalue weighted by molar-refractivity contribution is 0.0683. The van der Waals surface area contributed by atoms with Crippen LogP contribution in [0.3, 0.4) is 0 Å². The molecule has 5 aromatic rings. The molecule has 42 heavy (non-hydrogen) atoms. The quantitative estimate of drug-likeness (QED) is 0.169. The summed E-state index contributed by atoms with van der Waals surface area (Å²) in [6, 6.07) is 26.8. The summed E-state index contributed by atoms with van der Waals surface area (Å²) >= 11 is 9.76. The Bertz CT molecular complexity index is 1790. The SMILES string of the molecule is COc1cc(OC)c(Br)c(-n2c(C(C)N(CCc3ccccc3)C(=O)c3ccc(Cl)cc3)nc3ccccc3c2=O)c1. The fraction of sp³-hybridized carbons (Fsp3) is 0.182. The van der Waals surface area contributed by atoms with Crippen LogP contribution in [0.2, 0.25) is 5.02 Å². The highest BCUT2D eigenvalue weighted by molar-refractivity contribution is 9.10. The minimum absolute atomic E-state index is 0.202. The van der Waals surface area contributed by atoms with E-state index in [-0.39, 0.29) is 11.5 Å². The number of fused-ring (bicyclic) bond motifs is 1. The number of hydrogen-bond acceptors (Lipinski definition) is 5. The molecule has 4 aromatic carbocycles. The van der Waals surface area contributed by atoms with Gasteiger partial charge in [-0.2, -0.15) is 0 Å². The van der Waals surface area contributed by atoms with E-state index >= 15 is 0 Å². The Morgan fingerprint density at radius 2 is 1.67 bits per heavy atom. The van der Waals surface area contributed by atoms with Crippen LogP contribution in [0.1, 0.15) is 34.7 Å². The molecule has 1 heterocycles. The molecule has 0 bridgehead atoms. The van der Waals surface area contributed by atoms with Crippen molar-refractivity contribution in [1.82, 2.24) is 14.5 Å². The van der Waals surface area contributed by atoms with Crippen LogP contribution < -0.4 is 15.0 Å². The van der Waals surface area contributed by atoms with Crippen molar-refractivity contribution in [1.29, 1.82) is 0 Å². The van der Waals surface area contributed by atoms with Gasteiger partial charge in [-0.05, 0) is 71.2 Å². The first-order chi connectivity index (χ1) is 20.3. The molecule has 0 radical (unpaired) electrons. The van der Waals surface area contributed by atoms with Crippen molar-refractivity contribution in [3.05, 3.63) is 128 Å². The number of benzene rings is 4. The van der Waals surface area contributed by atoms with E-state index in [1.165, 1.54) is 4.57 Å². The molecule has 1 aromatic heterocycles. The summed E-state index contributed by atoms with van der Waals surface area (Å²) < 4.78 is 13.2. The van der Waals surface area contributed by atoms with E-state index in [0.717, 1.165) is 5.56 Å². The van der Waals surface area contributed by atoms with Crippen molar-refractivity contribution in [3.8, 4) is 17.2 Å². The molecular formula is C33H29BrClN3O4. The first-order valence-corrected chi connectivity index (χ1v) is 14.5. The van der Waals surface area contributed by atoms with Gasteiger partial charge in [-0.25, -0.2) is 4.98 Å². The maximum Gasteiger partial charge on any atom is 0.266 e. The Kier molecular flexibility index (Phi) is 8.94. The molecule has 214 valence electrons. The third kappa shape index (κ3) is 5.91. The van der Waals surface area contributed by atoms with Crippen LogP contribution in [0, 0.1) is 0 Å². The zero-order valence-corrected chi connectivity index (χ0v) is 25.7. The highest BCUT2D eigenvalue weighted by atomic mass is 79.9. The number of aromatic nitrogens is 2. The number of carbonyl (C=O) groups is 1. The predicted molar refractivity (Wildman–Crippen MR) is 169 cm³/mol. The number of nitrogens with zero attached hydrogens (tertiary/aromatic N) is 3. The predicted octanol–water partition coefficient (Wildman–Crippen LogP) is 7.26. The largest absolute Gasteiger partial charge is 0.497 e. The zero-order valence-electron chi connectivity index (χ0n) is 23.4. The van der Waals surface area contributed by atoms with E-state index in [4.69, 9.17) is 26.1 Å². The van der Waals surface area contributed by atoms with E-state index in [9.17, 15) is 9.59 Å². The molecule has 0 aliphatic heterocycles. The molecule has 0 saturated heterocycles. The molecule has 0 saturated carbocycles. The second-order valence-electron chi connectivity index (χ2n) is 9.71. The van der Waals surface area contributed by atoms with E-state index < -0.39 is 6.04 Å². The third-order valence-electron chi connectivity index (χ3n) is 7.17. The van der Waals surface area contributed by atoms with Crippen molar-refractivity contribution >= 4 is 44.3 Å². The number of methoxy groups -OCH3 is 2. The van der Waals surface area contributed by atoms with Crippen LogP contribution in [0.15, 0.2) is 100 Å². The molecule has 7 nitrogen and oxygen atoms in total. The summed E-state index contributed by atoms with van der Waals surface area (Å²) in [5.74, 6) is 1.18. The van der Waals surface area contributed by atoms with Crippen LogP contribution in [-0.2, 0) is 6.42 Å². The number of para-hydroxylation sites is 1. The van der Waals surface area contributed by atoms with Gasteiger partial charge in [-0.3, -0.25) is 14.2 Å². The Morgan fingerprint density at radius 3 is 2.36 bits per heavy atom. The summed E-state index contributed by atoms with van der Waals surface area (Å²) in [6.45, 7) is 2.27. The molecule has 0 aliphatic rings. The molecule has 1 atom stereocenters. The number of rotatable bonds is 9. The lowest BCUT2D eigenvalue weighted by Gasteiger charge is -2.31.